The zero-order chi connectivity index (χ0) is 20.2. The molecule has 1 unspecified atom stereocenters. The van der Waals surface area contributed by atoms with Crippen LogP contribution in [-0.4, -0.2) is 47.9 Å². The van der Waals surface area contributed by atoms with Gasteiger partial charge in [-0.3, -0.25) is 4.79 Å². The zero-order valence-electron chi connectivity index (χ0n) is 16.7. The van der Waals surface area contributed by atoms with E-state index in [0.29, 0.717) is 19.4 Å². The lowest BCUT2D eigenvalue weighted by molar-refractivity contribution is -0.128. The molecule has 1 aliphatic heterocycles. The van der Waals surface area contributed by atoms with E-state index in [4.69, 9.17) is 0 Å². The number of nitriles is 1. The molecule has 1 aliphatic rings. The predicted molar refractivity (Wildman–Crippen MR) is 107 cm³/mol. The summed E-state index contributed by atoms with van der Waals surface area (Å²) in [5.74, 6) is -0.279. The van der Waals surface area contributed by atoms with Gasteiger partial charge < -0.3 is 9.47 Å². The first-order chi connectivity index (χ1) is 12.7. The van der Waals surface area contributed by atoms with E-state index in [0.717, 1.165) is 29.9 Å². The molecule has 1 fully saturated rings. The largest absolute Gasteiger partial charge is 0.349 e. The highest BCUT2D eigenvalue weighted by molar-refractivity contribution is 7.91. The number of nitrogens with zero attached hydrogens (tertiary/aromatic N) is 3. The van der Waals surface area contributed by atoms with Crippen LogP contribution in [0, 0.1) is 25.2 Å². The standard InChI is InChI=1S/C20H29N3O3S/c1-5-8-22-15(3)11-17(16(22)4)12-18(13-21)20(24)23(9-6-2)19-7-10-27(25,26)14-19/h11-12,19H,5-10,14H2,1-4H3/b18-12-. The Labute approximate surface area is 162 Å². The average molecular weight is 392 g/mol. The predicted octanol–water partition coefficient (Wildman–Crippen LogP) is 2.85. The van der Waals surface area contributed by atoms with Gasteiger partial charge in [-0.05, 0) is 50.8 Å². The summed E-state index contributed by atoms with van der Waals surface area (Å²) in [6.45, 7) is 9.40. The van der Waals surface area contributed by atoms with Gasteiger partial charge in [0.25, 0.3) is 5.91 Å². The molecule has 0 N–H and O–H groups in total. The zero-order valence-corrected chi connectivity index (χ0v) is 17.5. The molecular formula is C20H29N3O3S. The highest BCUT2D eigenvalue weighted by atomic mass is 32.2. The molecule has 1 atom stereocenters. The van der Waals surface area contributed by atoms with Gasteiger partial charge in [-0.25, -0.2) is 8.42 Å². The number of aryl methyl sites for hydroxylation is 1. The molecule has 1 aromatic rings. The minimum atomic E-state index is -3.10. The second kappa shape index (κ2) is 8.75. The van der Waals surface area contributed by atoms with Crippen LogP contribution < -0.4 is 0 Å². The third-order valence-electron chi connectivity index (χ3n) is 5.09. The molecule has 0 aliphatic carbocycles. The normalized spacial score (nSPS) is 19.1. The number of carbonyl (C=O) groups is 1. The van der Waals surface area contributed by atoms with E-state index in [9.17, 15) is 18.5 Å². The fraction of sp³-hybridized carbons (Fsp3) is 0.600. The Morgan fingerprint density at radius 1 is 1.37 bits per heavy atom. The second-order valence-electron chi connectivity index (χ2n) is 7.20. The van der Waals surface area contributed by atoms with E-state index in [1.165, 1.54) is 0 Å². The van der Waals surface area contributed by atoms with Crippen LogP contribution in [0.25, 0.3) is 6.08 Å². The minimum absolute atomic E-state index is 0.0114. The lowest BCUT2D eigenvalue weighted by Crippen LogP contribution is -2.42. The molecule has 0 radical (unpaired) electrons. The van der Waals surface area contributed by atoms with Gasteiger partial charge in [0, 0.05) is 30.5 Å². The van der Waals surface area contributed by atoms with E-state index in [1.807, 2.05) is 32.9 Å². The van der Waals surface area contributed by atoms with Crippen molar-refractivity contribution < 1.29 is 13.2 Å². The average Bonchev–Trinajstić information content (AvgIpc) is 3.10. The van der Waals surface area contributed by atoms with Crippen LogP contribution in [0.5, 0.6) is 0 Å². The maximum atomic E-state index is 13.0. The van der Waals surface area contributed by atoms with Crippen molar-refractivity contribution in [3.05, 3.63) is 28.6 Å². The second-order valence-corrected chi connectivity index (χ2v) is 9.43. The van der Waals surface area contributed by atoms with Crippen molar-refractivity contribution in [1.82, 2.24) is 9.47 Å². The molecule has 0 saturated carbocycles. The monoisotopic (exact) mass is 391 g/mol. The first kappa shape index (κ1) is 21.2. The van der Waals surface area contributed by atoms with Crippen molar-refractivity contribution in [2.24, 2.45) is 0 Å². The third-order valence-corrected chi connectivity index (χ3v) is 6.84. The van der Waals surface area contributed by atoms with Crippen molar-refractivity contribution >= 4 is 21.8 Å². The maximum absolute atomic E-state index is 13.0. The third kappa shape index (κ3) is 4.81. The summed E-state index contributed by atoms with van der Waals surface area (Å²) in [6.07, 6.45) is 3.80. The van der Waals surface area contributed by atoms with Crippen molar-refractivity contribution in [2.75, 3.05) is 18.1 Å². The number of hydrogen-bond acceptors (Lipinski definition) is 4. The molecule has 6 nitrogen and oxygen atoms in total. The number of rotatable bonds is 7. The molecule has 27 heavy (non-hydrogen) atoms. The molecule has 0 aromatic carbocycles. The first-order valence-electron chi connectivity index (χ1n) is 9.54. The number of carbonyl (C=O) groups excluding carboxylic acids is 1. The Kier molecular flexibility index (Phi) is 6.88. The Morgan fingerprint density at radius 3 is 2.59 bits per heavy atom. The minimum Gasteiger partial charge on any atom is -0.349 e. The Balaban J connectivity index is 2.34. The molecule has 1 amide bonds. The maximum Gasteiger partial charge on any atom is 0.264 e. The molecule has 2 heterocycles. The van der Waals surface area contributed by atoms with Gasteiger partial charge in [0.1, 0.15) is 11.6 Å². The van der Waals surface area contributed by atoms with Gasteiger partial charge in [-0.1, -0.05) is 13.8 Å². The SMILES string of the molecule is CCCN(C(=O)/C(C#N)=C\c1cc(C)n(CCC)c1C)C1CCS(=O)(=O)C1. The summed E-state index contributed by atoms with van der Waals surface area (Å²) in [4.78, 5) is 14.6. The van der Waals surface area contributed by atoms with Gasteiger partial charge in [0.2, 0.25) is 0 Å². The Bertz CT molecular complexity index is 875. The summed E-state index contributed by atoms with van der Waals surface area (Å²) in [5, 5.41) is 9.60. The molecule has 148 valence electrons. The van der Waals surface area contributed by atoms with E-state index >= 15 is 0 Å². The number of hydrogen-bond donors (Lipinski definition) is 0. The van der Waals surface area contributed by atoms with Crippen LogP contribution in [0.2, 0.25) is 0 Å². The van der Waals surface area contributed by atoms with Gasteiger partial charge in [0.05, 0.1) is 11.5 Å². The van der Waals surface area contributed by atoms with E-state index in [-0.39, 0.29) is 29.0 Å². The molecule has 0 bridgehead atoms. The lowest BCUT2D eigenvalue weighted by atomic mass is 10.1. The van der Waals surface area contributed by atoms with E-state index in [1.54, 1.807) is 11.0 Å². The highest BCUT2D eigenvalue weighted by Gasteiger charge is 2.35. The highest BCUT2D eigenvalue weighted by Crippen LogP contribution is 2.23. The molecule has 1 saturated heterocycles. The fourth-order valence-electron chi connectivity index (χ4n) is 3.71. The fourth-order valence-corrected chi connectivity index (χ4v) is 5.44. The molecule has 1 aromatic heterocycles. The summed E-state index contributed by atoms with van der Waals surface area (Å²) >= 11 is 0. The topological polar surface area (TPSA) is 83.2 Å². The van der Waals surface area contributed by atoms with Crippen LogP contribution in [-0.2, 0) is 21.2 Å². The summed E-state index contributed by atoms with van der Waals surface area (Å²) in [5.41, 5.74) is 3.05. The lowest BCUT2D eigenvalue weighted by Gasteiger charge is -2.27. The van der Waals surface area contributed by atoms with Gasteiger partial charge in [-0.2, -0.15) is 5.26 Å². The van der Waals surface area contributed by atoms with Crippen molar-refractivity contribution in [1.29, 1.82) is 5.26 Å². The van der Waals surface area contributed by atoms with Crippen molar-refractivity contribution in [2.45, 2.75) is 59.5 Å². The van der Waals surface area contributed by atoms with E-state index < -0.39 is 9.84 Å². The Hall–Kier alpha value is -2.07. The van der Waals surface area contributed by atoms with Crippen molar-refractivity contribution in [3.63, 3.8) is 0 Å². The van der Waals surface area contributed by atoms with E-state index in [2.05, 4.69) is 11.5 Å². The summed E-state index contributed by atoms with van der Waals surface area (Å²) in [6, 6.07) is 3.68. The summed E-state index contributed by atoms with van der Waals surface area (Å²) < 4.78 is 25.8. The molecule has 2 rings (SSSR count). The quantitative estimate of drug-likeness (QED) is 0.528. The number of aromatic nitrogens is 1. The molecule has 7 heteroatoms. The van der Waals surface area contributed by atoms with Crippen molar-refractivity contribution in [3.8, 4) is 6.07 Å². The van der Waals surface area contributed by atoms with Crippen LogP contribution in [0.4, 0.5) is 0 Å². The van der Waals surface area contributed by atoms with Gasteiger partial charge >= 0.3 is 0 Å². The molecular weight excluding hydrogens is 362 g/mol. The number of amides is 1. The van der Waals surface area contributed by atoms with Crippen LogP contribution in [0.3, 0.4) is 0 Å². The smallest absolute Gasteiger partial charge is 0.264 e. The van der Waals surface area contributed by atoms with Crippen LogP contribution in [0.15, 0.2) is 11.6 Å². The van der Waals surface area contributed by atoms with Gasteiger partial charge in [0.15, 0.2) is 9.84 Å². The number of sulfone groups is 1. The first-order valence-corrected chi connectivity index (χ1v) is 11.4. The van der Waals surface area contributed by atoms with Crippen LogP contribution >= 0.6 is 0 Å². The molecule has 0 spiro atoms. The van der Waals surface area contributed by atoms with Crippen LogP contribution in [0.1, 0.15) is 50.1 Å². The Morgan fingerprint density at radius 2 is 2.07 bits per heavy atom. The summed E-state index contributed by atoms with van der Waals surface area (Å²) in [7, 11) is -3.10. The van der Waals surface area contributed by atoms with Gasteiger partial charge in [-0.15, -0.1) is 0 Å².